The third-order valence-electron chi connectivity index (χ3n) is 1.01. The number of nitriles is 1. The molecule has 0 amide bonds. The predicted octanol–water partition coefficient (Wildman–Crippen LogP) is -0.761. The van der Waals surface area contributed by atoms with E-state index < -0.39 is 6.29 Å². The van der Waals surface area contributed by atoms with E-state index in [-0.39, 0.29) is 0 Å². The number of hydrogen-bond donors (Lipinski definition) is 1. The fourth-order valence-electron chi connectivity index (χ4n) is 0.449. The van der Waals surface area contributed by atoms with Gasteiger partial charge < -0.3 is 0 Å². The van der Waals surface area contributed by atoms with Gasteiger partial charge >= 0.3 is 0 Å². The van der Waals surface area contributed by atoms with Crippen LogP contribution >= 0.6 is 0 Å². The Kier molecular flexibility index (Phi) is 1.20. The van der Waals surface area contributed by atoms with Crippen LogP contribution < -0.4 is 5.73 Å². The first-order valence-electron chi connectivity index (χ1n) is 2.34. The maximum absolute atomic E-state index is 8.27. The molecule has 9 heavy (non-hydrogen) atoms. The van der Waals surface area contributed by atoms with Crippen molar-refractivity contribution in [3.8, 4) is 6.19 Å². The van der Waals surface area contributed by atoms with E-state index in [2.05, 4.69) is 10.4 Å². The fourth-order valence-corrected chi connectivity index (χ4v) is 0.449. The number of rotatable bonds is 0. The van der Waals surface area contributed by atoms with E-state index in [4.69, 9.17) is 11.0 Å². The maximum Gasteiger partial charge on any atom is 0.206 e. The molecule has 2 N–H and O–H groups in total. The SMILES string of the molecule is CN1N=NN(C#N)C1N. The Morgan fingerprint density at radius 3 is 2.56 bits per heavy atom. The maximum atomic E-state index is 8.27. The highest BCUT2D eigenvalue weighted by Crippen LogP contribution is 2.06. The topological polar surface area (TPSA) is 81.0 Å². The van der Waals surface area contributed by atoms with Gasteiger partial charge in [0.05, 0.1) is 0 Å². The lowest BCUT2D eigenvalue weighted by Crippen LogP contribution is -2.41. The van der Waals surface area contributed by atoms with Crippen LogP contribution in [0.25, 0.3) is 0 Å². The van der Waals surface area contributed by atoms with Crippen molar-refractivity contribution in [1.82, 2.24) is 10.0 Å². The normalized spacial score (nSPS) is 24.8. The average molecular weight is 126 g/mol. The summed E-state index contributed by atoms with van der Waals surface area (Å²) in [6.45, 7) is 0. The Hall–Kier alpha value is -1.35. The molecule has 48 valence electrons. The smallest absolute Gasteiger partial charge is 0.206 e. The summed E-state index contributed by atoms with van der Waals surface area (Å²) < 4.78 is 0. The average Bonchev–Trinajstić information content (AvgIpc) is 2.15. The summed E-state index contributed by atoms with van der Waals surface area (Å²) in [5, 5.41) is 17.6. The van der Waals surface area contributed by atoms with Gasteiger partial charge in [0, 0.05) is 7.05 Å². The van der Waals surface area contributed by atoms with Crippen molar-refractivity contribution in [3.63, 3.8) is 0 Å². The molecule has 1 aliphatic heterocycles. The third kappa shape index (κ3) is 0.772. The molecule has 6 nitrogen and oxygen atoms in total. The molecule has 1 aliphatic rings. The second-order valence-corrected chi connectivity index (χ2v) is 1.61. The molecule has 0 spiro atoms. The van der Waals surface area contributed by atoms with Crippen molar-refractivity contribution in [2.45, 2.75) is 6.29 Å². The van der Waals surface area contributed by atoms with Gasteiger partial charge in [-0.3, -0.25) is 5.73 Å². The molecule has 1 unspecified atom stereocenters. The largest absolute Gasteiger partial charge is 0.290 e. The zero-order valence-electron chi connectivity index (χ0n) is 4.89. The Morgan fingerprint density at radius 2 is 2.33 bits per heavy atom. The molecule has 0 aromatic rings. The lowest BCUT2D eigenvalue weighted by molar-refractivity contribution is 0.188. The van der Waals surface area contributed by atoms with Crippen molar-refractivity contribution in [3.05, 3.63) is 0 Å². The van der Waals surface area contributed by atoms with Gasteiger partial charge in [0.25, 0.3) is 0 Å². The summed E-state index contributed by atoms with van der Waals surface area (Å²) in [7, 11) is 1.64. The van der Waals surface area contributed by atoms with Gasteiger partial charge in [-0.05, 0) is 10.4 Å². The minimum Gasteiger partial charge on any atom is -0.290 e. The highest BCUT2D eigenvalue weighted by molar-refractivity contribution is 4.74. The summed E-state index contributed by atoms with van der Waals surface area (Å²) in [4.78, 5) is 0. The van der Waals surface area contributed by atoms with Crippen molar-refractivity contribution in [2.75, 3.05) is 7.05 Å². The first-order chi connectivity index (χ1) is 4.25. The van der Waals surface area contributed by atoms with E-state index in [1.165, 1.54) is 5.01 Å². The number of hydrogen-bond acceptors (Lipinski definition) is 6. The summed E-state index contributed by atoms with van der Waals surface area (Å²) in [6.07, 6.45) is 1.22. The zero-order chi connectivity index (χ0) is 6.85. The van der Waals surface area contributed by atoms with Crippen LogP contribution in [0.4, 0.5) is 0 Å². The second kappa shape index (κ2) is 1.87. The molecule has 0 aliphatic carbocycles. The van der Waals surface area contributed by atoms with Crippen molar-refractivity contribution < 1.29 is 0 Å². The summed E-state index contributed by atoms with van der Waals surface area (Å²) in [5.74, 6) is 0. The number of nitrogens with zero attached hydrogens (tertiary/aromatic N) is 5. The fraction of sp³-hybridized carbons (Fsp3) is 0.667. The van der Waals surface area contributed by atoms with Gasteiger partial charge in [0.15, 0.2) is 0 Å². The highest BCUT2D eigenvalue weighted by atomic mass is 15.8. The molecule has 0 bridgehead atoms. The van der Waals surface area contributed by atoms with Crippen LogP contribution in [0.5, 0.6) is 0 Å². The third-order valence-corrected chi connectivity index (χ3v) is 1.01. The van der Waals surface area contributed by atoms with E-state index in [0.717, 1.165) is 5.01 Å². The molecule has 1 atom stereocenters. The summed E-state index contributed by atoms with van der Waals surface area (Å²) in [6, 6.07) is 0. The van der Waals surface area contributed by atoms with Crippen LogP contribution in [0.2, 0.25) is 0 Å². The van der Waals surface area contributed by atoms with Gasteiger partial charge in [-0.2, -0.15) is 5.26 Å². The van der Waals surface area contributed by atoms with Crippen molar-refractivity contribution in [2.24, 2.45) is 16.2 Å². The molecule has 0 saturated heterocycles. The first-order valence-corrected chi connectivity index (χ1v) is 2.34. The molecule has 0 aromatic carbocycles. The summed E-state index contributed by atoms with van der Waals surface area (Å²) in [5.41, 5.74) is 5.37. The van der Waals surface area contributed by atoms with Crippen LogP contribution in [0.1, 0.15) is 0 Å². The highest BCUT2D eigenvalue weighted by Gasteiger charge is 2.21. The van der Waals surface area contributed by atoms with Gasteiger partial charge in [-0.1, -0.05) is 0 Å². The molecule has 6 heteroatoms. The molecule has 0 saturated carbocycles. The summed E-state index contributed by atoms with van der Waals surface area (Å²) >= 11 is 0. The zero-order valence-corrected chi connectivity index (χ0v) is 4.89. The first kappa shape index (κ1) is 5.78. The number of nitrogens with two attached hydrogens (primary N) is 1. The minimum atomic E-state index is -0.532. The lowest BCUT2D eigenvalue weighted by atomic mass is 10.8. The van der Waals surface area contributed by atoms with Gasteiger partial charge in [-0.25, -0.2) is 5.01 Å². The van der Waals surface area contributed by atoms with Gasteiger partial charge in [0.1, 0.15) is 0 Å². The molecule has 1 rings (SSSR count). The van der Waals surface area contributed by atoms with Crippen LogP contribution in [0, 0.1) is 11.5 Å². The Bertz CT molecular complexity index is 168. The van der Waals surface area contributed by atoms with E-state index >= 15 is 0 Å². The Balaban J connectivity index is 2.65. The Labute approximate surface area is 52.1 Å². The minimum absolute atomic E-state index is 0.532. The molecule has 0 fully saturated rings. The van der Waals surface area contributed by atoms with E-state index in [0.29, 0.717) is 0 Å². The Morgan fingerprint density at radius 1 is 1.67 bits per heavy atom. The monoisotopic (exact) mass is 126 g/mol. The molecule has 0 aromatic heterocycles. The molecule has 0 radical (unpaired) electrons. The van der Waals surface area contributed by atoms with E-state index in [9.17, 15) is 0 Å². The molecular weight excluding hydrogens is 120 g/mol. The lowest BCUT2D eigenvalue weighted by Gasteiger charge is -2.13. The van der Waals surface area contributed by atoms with E-state index in [1.54, 1.807) is 13.2 Å². The quantitative estimate of drug-likeness (QED) is 0.432. The van der Waals surface area contributed by atoms with E-state index in [1.807, 2.05) is 0 Å². The van der Waals surface area contributed by atoms with Crippen LogP contribution in [-0.4, -0.2) is 23.4 Å². The molecular formula is C3H6N6. The van der Waals surface area contributed by atoms with Gasteiger partial charge in [0.2, 0.25) is 12.5 Å². The molecule has 1 heterocycles. The standard InChI is InChI=1S/C3H6N6/c1-8-3(5)9(2-4)7-6-8/h3H,5H2,1H3. The predicted molar refractivity (Wildman–Crippen MR) is 28.0 cm³/mol. The van der Waals surface area contributed by atoms with Gasteiger partial charge in [-0.15, -0.1) is 5.01 Å². The van der Waals surface area contributed by atoms with Crippen molar-refractivity contribution in [1.29, 1.82) is 5.26 Å². The van der Waals surface area contributed by atoms with Crippen LogP contribution in [-0.2, 0) is 0 Å². The van der Waals surface area contributed by atoms with Crippen LogP contribution in [0.3, 0.4) is 0 Å². The second-order valence-electron chi connectivity index (χ2n) is 1.61. The van der Waals surface area contributed by atoms with Crippen molar-refractivity contribution >= 4 is 0 Å². The van der Waals surface area contributed by atoms with Crippen LogP contribution in [0.15, 0.2) is 10.4 Å².